The molecule has 0 aromatic carbocycles. The summed E-state index contributed by atoms with van der Waals surface area (Å²) in [6.45, 7) is 10.5. The Hall–Kier alpha value is -1.42. The van der Waals surface area contributed by atoms with Crippen LogP contribution in [0.25, 0.3) is 6.08 Å². The van der Waals surface area contributed by atoms with Gasteiger partial charge in [-0.2, -0.15) is 4.39 Å². The molecule has 92 valence electrons. The molecule has 0 radical (unpaired) electrons. The van der Waals surface area contributed by atoms with Gasteiger partial charge in [-0.15, -0.1) is 0 Å². The van der Waals surface area contributed by atoms with E-state index in [1.165, 1.54) is 0 Å². The summed E-state index contributed by atoms with van der Waals surface area (Å²) >= 11 is 0. The van der Waals surface area contributed by atoms with Gasteiger partial charge in [-0.3, -0.25) is 0 Å². The third-order valence-electron chi connectivity index (χ3n) is 3.22. The highest BCUT2D eigenvalue weighted by Crippen LogP contribution is 2.19. The third-order valence-corrected chi connectivity index (χ3v) is 3.22. The van der Waals surface area contributed by atoms with Gasteiger partial charge in [0.25, 0.3) is 0 Å². The Labute approximate surface area is 102 Å². The summed E-state index contributed by atoms with van der Waals surface area (Å²) in [4.78, 5) is 8.28. The van der Waals surface area contributed by atoms with Gasteiger partial charge in [-0.05, 0) is 24.8 Å². The zero-order valence-corrected chi connectivity index (χ0v) is 10.2. The number of piperazine rings is 1. The molecule has 2 heterocycles. The minimum Gasteiger partial charge on any atom is -0.365 e. The maximum Gasteiger partial charge on any atom is 0.236 e. The molecule has 1 aromatic heterocycles. The van der Waals surface area contributed by atoms with Gasteiger partial charge in [0.1, 0.15) is 0 Å². The molecule has 0 unspecified atom stereocenters. The lowest BCUT2D eigenvalue weighted by Gasteiger charge is -2.35. The first-order chi connectivity index (χ1) is 8.24. The fourth-order valence-corrected chi connectivity index (χ4v) is 2.10. The van der Waals surface area contributed by atoms with Crippen LogP contribution in [0.1, 0.15) is 12.6 Å². The molecule has 0 N–H and O–H groups in total. The molecular formula is C13H18FN3. The molecule has 17 heavy (non-hydrogen) atoms. The van der Waals surface area contributed by atoms with Crippen LogP contribution < -0.4 is 4.90 Å². The fourth-order valence-electron chi connectivity index (χ4n) is 2.10. The van der Waals surface area contributed by atoms with Crippen LogP contribution in [-0.4, -0.2) is 42.6 Å². The van der Waals surface area contributed by atoms with Crippen LogP contribution in [0.5, 0.6) is 0 Å². The molecule has 0 amide bonds. The fraction of sp³-hybridized carbons (Fsp3) is 0.462. The number of hydrogen-bond donors (Lipinski definition) is 0. The standard InChI is InChI=1S/C13H18FN3/c1-3-11-5-6-12(13(14)15-11)17-9-7-16(4-2)8-10-17/h3,5-6H,1,4,7-10H2,2H3. The molecule has 1 aromatic rings. The zero-order chi connectivity index (χ0) is 12.3. The maximum absolute atomic E-state index is 13.8. The number of likely N-dealkylation sites (N-methyl/N-ethyl adjacent to an activating group) is 1. The van der Waals surface area contributed by atoms with Crippen LogP contribution in [0.2, 0.25) is 0 Å². The lowest BCUT2D eigenvalue weighted by molar-refractivity contribution is 0.270. The van der Waals surface area contributed by atoms with Gasteiger partial charge >= 0.3 is 0 Å². The Bertz CT molecular complexity index is 398. The number of halogens is 1. The smallest absolute Gasteiger partial charge is 0.236 e. The van der Waals surface area contributed by atoms with Gasteiger partial charge in [0.15, 0.2) is 0 Å². The van der Waals surface area contributed by atoms with Crippen molar-refractivity contribution < 1.29 is 4.39 Å². The highest BCUT2D eigenvalue weighted by molar-refractivity contribution is 5.51. The van der Waals surface area contributed by atoms with Crippen LogP contribution in [-0.2, 0) is 0 Å². The lowest BCUT2D eigenvalue weighted by atomic mass is 10.2. The van der Waals surface area contributed by atoms with Crippen molar-refractivity contribution in [2.75, 3.05) is 37.6 Å². The van der Waals surface area contributed by atoms with E-state index in [1.807, 2.05) is 0 Å². The van der Waals surface area contributed by atoms with E-state index in [0.717, 1.165) is 32.7 Å². The first kappa shape index (κ1) is 12.0. The van der Waals surface area contributed by atoms with Gasteiger partial charge in [-0.1, -0.05) is 13.5 Å². The summed E-state index contributed by atoms with van der Waals surface area (Å²) < 4.78 is 13.8. The molecule has 1 saturated heterocycles. The van der Waals surface area contributed by atoms with Gasteiger partial charge in [-0.25, -0.2) is 4.98 Å². The monoisotopic (exact) mass is 235 g/mol. The van der Waals surface area contributed by atoms with Crippen molar-refractivity contribution in [3.63, 3.8) is 0 Å². The summed E-state index contributed by atoms with van der Waals surface area (Å²) in [7, 11) is 0. The van der Waals surface area contributed by atoms with Crippen LogP contribution in [0.4, 0.5) is 10.1 Å². The SMILES string of the molecule is C=Cc1ccc(N2CCN(CC)CC2)c(F)n1. The van der Waals surface area contributed by atoms with Crippen molar-refractivity contribution in [2.24, 2.45) is 0 Å². The molecule has 0 atom stereocenters. The number of aromatic nitrogens is 1. The number of pyridine rings is 1. The predicted octanol–water partition coefficient (Wildman–Crippen LogP) is 2.01. The van der Waals surface area contributed by atoms with Crippen LogP contribution >= 0.6 is 0 Å². The molecule has 1 aliphatic rings. The van der Waals surface area contributed by atoms with Crippen molar-refractivity contribution in [2.45, 2.75) is 6.92 Å². The van der Waals surface area contributed by atoms with Crippen molar-refractivity contribution in [1.82, 2.24) is 9.88 Å². The van der Waals surface area contributed by atoms with Gasteiger partial charge in [0.2, 0.25) is 5.95 Å². The topological polar surface area (TPSA) is 19.4 Å². The van der Waals surface area contributed by atoms with E-state index in [1.54, 1.807) is 18.2 Å². The molecule has 1 aliphatic heterocycles. The van der Waals surface area contributed by atoms with Crippen LogP contribution in [0.15, 0.2) is 18.7 Å². The maximum atomic E-state index is 13.8. The summed E-state index contributed by atoms with van der Waals surface area (Å²) in [5.41, 5.74) is 1.18. The number of nitrogens with zero attached hydrogens (tertiary/aromatic N) is 3. The largest absolute Gasteiger partial charge is 0.365 e. The first-order valence-corrected chi connectivity index (χ1v) is 6.01. The molecule has 0 aliphatic carbocycles. The molecule has 0 saturated carbocycles. The van der Waals surface area contributed by atoms with Gasteiger partial charge in [0, 0.05) is 26.2 Å². The number of rotatable bonds is 3. The van der Waals surface area contributed by atoms with Crippen LogP contribution in [0.3, 0.4) is 0 Å². The number of anilines is 1. The average molecular weight is 235 g/mol. The van der Waals surface area contributed by atoms with E-state index in [2.05, 4.69) is 28.3 Å². The normalized spacial score (nSPS) is 17.2. The number of hydrogen-bond acceptors (Lipinski definition) is 3. The lowest BCUT2D eigenvalue weighted by Crippen LogP contribution is -2.46. The second-order valence-corrected chi connectivity index (χ2v) is 4.17. The average Bonchev–Trinajstić information content (AvgIpc) is 2.39. The zero-order valence-electron chi connectivity index (χ0n) is 10.2. The van der Waals surface area contributed by atoms with Crippen LogP contribution in [0, 0.1) is 5.95 Å². The van der Waals surface area contributed by atoms with Crippen molar-refractivity contribution in [1.29, 1.82) is 0 Å². The molecule has 2 rings (SSSR count). The van der Waals surface area contributed by atoms with E-state index < -0.39 is 5.95 Å². The van der Waals surface area contributed by atoms with Gasteiger partial charge in [0.05, 0.1) is 11.4 Å². The minimum atomic E-state index is -0.396. The third kappa shape index (κ3) is 2.64. The summed E-state index contributed by atoms with van der Waals surface area (Å²) in [5, 5.41) is 0. The second-order valence-electron chi connectivity index (χ2n) is 4.17. The Kier molecular flexibility index (Phi) is 3.74. The molecule has 4 heteroatoms. The summed E-state index contributed by atoms with van der Waals surface area (Å²) in [6.07, 6.45) is 1.56. The quantitative estimate of drug-likeness (QED) is 0.747. The molecular weight excluding hydrogens is 217 g/mol. The summed E-state index contributed by atoms with van der Waals surface area (Å²) in [6, 6.07) is 3.60. The van der Waals surface area contributed by atoms with E-state index in [4.69, 9.17) is 0 Å². The van der Waals surface area contributed by atoms with E-state index in [0.29, 0.717) is 11.4 Å². The molecule has 0 spiro atoms. The predicted molar refractivity (Wildman–Crippen MR) is 68.6 cm³/mol. The van der Waals surface area contributed by atoms with Crippen molar-refractivity contribution >= 4 is 11.8 Å². The van der Waals surface area contributed by atoms with E-state index >= 15 is 0 Å². The highest BCUT2D eigenvalue weighted by atomic mass is 19.1. The van der Waals surface area contributed by atoms with Gasteiger partial charge < -0.3 is 9.80 Å². The molecule has 1 fully saturated rings. The Morgan fingerprint density at radius 3 is 2.59 bits per heavy atom. The minimum absolute atomic E-state index is 0.396. The van der Waals surface area contributed by atoms with E-state index in [-0.39, 0.29) is 0 Å². The van der Waals surface area contributed by atoms with Crippen molar-refractivity contribution in [3.8, 4) is 0 Å². The Morgan fingerprint density at radius 1 is 1.35 bits per heavy atom. The first-order valence-electron chi connectivity index (χ1n) is 6.01. The Balaban J connectivity index is 2.10. The summed E-state index contributed by atoms with van der Waals surface area (Å²) in [5.74, 6) is -0.396. The second kappa shape index (κ2) is 5.27. The molecule has 3 nitrogen and oxygen atoms in total. The van der Waals surface area contributed by atoms with Crippen molar-refractivity contribution in [3.05, 3.63) is 30.4 Å². The Morgan fingerprint density at radius 2 is 2.06 bits per heavy atom. The highest BCUT2D eigenvalue weighted by Gasteiger charge is 2.18. The van der Waals surface area contributed by atoms with E-state index in [9.17, 15) is 4.39 Å². The molecule has 0 bridgehead atoms.